The van der Waals surface area contributed by atoms with E-state index in [-0.39, 0.29) is 11.9 Å². The van der Waals surface area contributed by atoms with Crippen LogP contribution in [0.25, 0.3) is 0 Å². The van der Waals surface area contributed by atoms with Gasteiger partial charge in [-0.05, 0) is 31.4 Å². The van der Waals surface area contributed by atoms with Gasteiger partial charge in [-0.15, -0.1) is 0 Å². The summed E-state index contributed by atoms with van der Waals surface area (Å²) in [5.74, 6) is 0.0833. The Morgan fingerprint density at radius 2 is 2.19 bits per heavy atom. The molecule has 1 aliphatic heterocycles. The van der Waals surface area contributed by atoms with Gasteiger partial charge in [-0.25, -0.2) is 0 Å². The van der Waals surface area contributed by atoms with Crippen molar-refractivity contribution in [1.29, 1.82) is 0 Å². The first-order chi connectivity index (χ1) is 7.58. The lowest BCUT2D eigenvalue weighted by Gasteiger charge is -2.17. The largest absolute Gasteiger partial charge is 0.337 e. The Kier molecular flexibility index (Phi) is 2.97. The minimum absolute atomic E-state index is 0.0833. The summed E-state index contributed by atoms with van der Waals surface area (Å²) >= 11 is 0. The van der Waals surface area contributed by atoms with E-state index in [1.807, 2.05) is 4.90 Å². The third-order valence-corrected chi connectivity index (χ3v) is 3.20. The van der Waals surface area contributed by atoms with Crippen LogP contribution < -0.4 is 5.73 Å². The highest BCUT2D eigenvalue weighted by Crippen LogP contribution is 2.17. The Morgan fingerprint density at radius 3 is 2.75 bits per heavy atom. The van der Waals surface area contributed by atoms with Gasteiger partial charge in [-0.1, -0.05) is 23.8 Å². The Labute approximate surface area is 96.2 Å². The molecule has 0 radical (unpaired) electrons. The molecule has 16 heavy (non-hydrogen) atoms. The standard InChI is InChI=1S/C13H18N2O/c1-9-3-4-11(10(2)7-9)8-15-6-5-12(14)13(15)16/h3-4,7,12H,5-6,8,14H2,1-2H3/t12-/m0/s1. The third-order valence-electron chi connectivity index (χ3n) is 3.20. The first-order valence-electron chi connectivity index (χ1n) is 5.68. The predicted octanol–water partition coefficient (Wildman–Crippen LogP) is 1.36. The number of nitrogens with zero attached hydrogens (tertiary/aromatic N) is 1. The fourth-order valence-electron chi connectivity index (χ4n) is 2.15. The number of rotatable bonds is 2. The second-order valence-corrected chi connectivity index (χ2v) is 4.58. The van der Waals surface area contributed by atoms with Gasteiger partial charge in [0.1, 0.15) is 0 Å². The van der Waals surface area contributed by atoms with Crippen LogP contribution >= 0.6 is 0 Å². The second kappa shape index (κ2) is 4.26. The molecule has 1 fully saturated rings. The fourth-order valence-corrected chi connectivity index (χ4v) is 2.15. The number of carbonyl (C=O) groups excluding carboxylic acids is 1. The molecular weight excluding hydrogens is 200 g/mol. The molecule has 2 N–H and O–H groups in total. The molecule has 1 saturated heterocycles. The minimum Gasteiger partial charge on any atom is -0.337 e. The molecule has 1 heterocycles. The van der Waals surface area contributed by atoms with Crippen LogP contribution in [-0.2, 0) is 11.3 Å². The van der Waals surface area contributed by atoms with Crippen molar-refractivity contribution in [1.82, 2.24) is 4.90 Å². The molecule has 1 aromatic carbocycles. The van der Waals surface area contributed by atoms with Gasteiger partial charge in [0.05, 0.1) is 6.04 Å². The number of likely N-dealkylation sites (tertiary alicyclic amines) is 1. The van der Waals surface area contributed by atoms with Crippen LogP contribution in [-0.4, -0.2) is 23.4 Å². The summed E-state index contributed by atoms with van der Waals surface area (Å²) in [5, 5.41) is 0. The van der Waals surface area contributed by atoms with Crippen molar-refractivity contribution in [3.8, 4) is 0 Å². The maximum atomic E-state index is 11.7. The maximum Gasteiger partial charge on any atom is 0.239 e. The van der Waals surface area contributed by atoms with E-state index in [0.717, 1.165) is 13.0 Å². The van der Waals surface area contributed by atoms with Crippen LogP contribution in [0, 0.1) is 13.8 Å². The smallest absolute Gasteiger partial charge is 0.239 e. The SMILES string of the molecule is Cc1ccc(CN2CC[C@H](N)C2=O)c(C)c1. The number of benzene rings is 1. The molecule has 0 bridgehead atoms. The number of hydrogen-bond donors (Lipinski definition) is 1. The van der Waals surface area contributed by atoms with Crippen molar-refractivity contribution in [3.63, 3.8) is 0 Å². The summed E-state index contributed by atoms with van der Waals surface area (Å²) in [5.41, 5.74) is 9.41. The maximum absolute atomic E-state index is 11.7. The molecule has 0 aliphatic carbocycles. The molecule has 3 nitrogen and oxygen atoms in total. The first kappa shape index (κ1) is 11.1. The van der Waals surface area contributed by atoms with Crippen molar-refractivity contribution in [2.75, 3.05) is 6.54 Å². The van der Waals surface area contributed by atoms with Crippen molar-refractivity contribution in [3.05, 3.63) is 34.9 Å². The lowest BCUT2D eigenvalue weighted by atomic mass is 10.1. The van der Waals surface area contributed by atoms with Gasteiger partial charge in [-0.3, -0.25) is 4.79 Å². The summed E-state index contributed by atoms with van der Waals surface area (Å²) < 4.78 is 0. The predicted molar refractivity (Wildman–Crippen MR) is 63.9 cm³/mol. The number of hydrogen-bond acceptors (Lipinski definition) is 2. The van der Waals surface area contributed by atoms with E-state index in [2.05, 4.69) is 32.0 Å². The number of amides is 1. The van der Waals surface area contributed by atoms with Crippen molar-refractivity contribution < 1.29 is 4.79 Å². The van der Waals surface area contributed by atoms with E-state index in [9.17, 15) is 4.79 Å². The van der Waals surface area contributed by atoms with Crippen LogP contribution in [0.5, 0.6) is 0 Å². The summed E-state index contributed by atoms with van der Waals surface area (Å²) in [6.45, 7) is 5.64. The van der Waals surface area contributed by atoms with E-state index in [1.165, 1.54) is 16.7 Å². The lowest BCUT2D eigenvalue weighted by Crippen LogP contribution is -2.33. The van der Waals surface area contributed by atoms with E-state index >= 15 is 0 Å². The quantitative estimate of drug-likeness (QED) is 0.814. The van der Waals surface area contributed by atoms with Crippen LogP contribution in [0.2, 0.25) is 0 Å². The van der Waals surface area contributed by atoms with Gasteiger partial charge >= 0.3 is 0 Å². The van der Waals surface area contributed by atoms with E-state index in [0.29, 0.717) is 6.54 Å². The second-order valence-electron chi connectivity index (χ2n) is 4.58. The zero-order valence-corrected chi connectivity index (χ0v) is 9.86. The van der Waals surface area contributed by atoms with E-state index < -0.39 is 0 Å². The van der Waals surface area contributed by atoms with Crippen molar-refractivity contribution >= 4 is 5.91 Å². The molecule has 1 amide bonds. The van der Waals surface area contributed by atoms with Crippen LogP contribution in [0.4, 0.5) is 0 Å². The molecule has 1 aromatic rings. The van der Waals surface area contributed by atoms with Crippen LogP contribution in [0.1, 0.15) is 23.1 Å². The van der Waals surface area contributed by atoms with Crippen LogP contribution in [0.3, 0.4) is 0 Å². The first-order valence-corrected chi connectivity index (χ1v) is 5.68. The summed E-state index contributed by atoms with van der Waals surface area (Å²) in [4.78, 5) is 13.5. The van der Waals surface area contributed by atoms with Crippen molar-refractivity contribution in [2.45, 2.75) is 32.9 Å². The van der Waals surface area contributed by atoms with E-state index in [4.69, 9.17) is 5.73 Å². The number of nitrogens with two attached hydrogens (primary N) is 1. The Bertz CT molecular complexity index is 414. The van der Waals surface area contributed by atoms with Gasteiger partial charge in [0, 0.05) is 13.1 Å². The average Bonchev–Trinajstić information content (AvgIpc) is 2.54. The van der Waals surface area contributed by atoms with Gasteiger partial charge in [0.15, 0.2) is 0 Å². The molecule has 3 heteroatoms. The molecule has 1 atom stereocenters. The summed E-state index contributed by atoms with van der Waals surface area (Å²) in [7, 11) is 0. The fraction of sp³-hybridized carbons (Fsp3) is 0.462. The molecule has 0 aromatic heterocycles. The molecule has 2 rings (SSSR count). The van der Waals surface area contributed by atoms with E-state index in [1.54, 1.807) is 0 Å². The van der Waals surface area contributed by atoms with Gasteiger partial charge in [0.2, 0.25) is 5.91 Å². The number of carbonyl (C=O) groups is 1. The zero-order chi connectivity index (χ0) is 11.7. The summed E-state index contributed by atoms with van der Waals surface area (Å²) in [6.07, 6.45) is 0.781. The third kappa shape index (κ3) is 2.09. The molecule has 0 spiro atoms. The van der Waals surface area contributed by atoms with Gasteiger partial charge in [-0.2, -0.15) is 0 Å². The molecule has 0 saturated carbocycles. The average molecular weight is 218 g/mol. The topological polar surface area (TPSA) is 46.3 Å². The Morgan fingerprint density at radius 1 is 1.44 bits per heavy atom. The highest BCUT2D eigenvalue weighted by molar-refractivity contribution is 5.83. The molecule has 86 valence electrons. The lowest BCUT2D eigenvalue weighted by molar-refractivity contribution is -0.129. The van der Waals surface area contributed by atoms with Crippen LogP contribution in [0.15, 0.2) is 18.2 Å². The van der Waals surface area contributed by atoms with Gasteiger partial charge in [0.25, 0.3) is 0 Å². The highest BCUT2D eigenvalue weighted by atomic mass is 16.2. The monoisotopic (exact) mass is 218 g/mol. The highest BCUT2D eigenvalue weighted by Gasteiger charge is 2.28. The van der Waals surface area contributed by atoms with Gasteiger partial charge < -0.3 is 10.6 Å². The minimum atomic E-state index is -0.286. The molecule has 1 aliphatic rings. The Hall–Kier alpha value is -1.35. The normalized spacial score (nSPS) is 20.6. The number of aryl methyl sites for hydroxylation is 2. The summed E-state index contributed by atoms with van der Waals surface area (Å²) in [6, 6.07) is 6.05. The zero-order valence-electron chi connectivity index (χ0n) is 9.86. The Balaban J connectivity index is 2.12. The van der Waals surface area contributed by atoms with Crippen molar-refractivity contribution in [2.24, 2.45) is 5.73 Å². The molecular formula is C13H18N2O. The molecule has 0 unspecified atom stereocenters.